The van der Waals surface area contributed by atoms with Crippen molar-refractivity contribution >= 4 is 16.7 Å². The first-order valence-corrected chi connectivity index (χ1v) is 5.28. The normalized spacial score (nSPS) is 10.8. The molecule has 0 N–H and O–H groups in total. The van der Waals surface area contributed by atoms with Crippen LogP contribution in [-0.2, 0) is 17.8 Å². The van der Waals surface area contributed by atoms with Gasteiger partial charge in [0.2, 0.25) is 0 Å². The van der Waals surface area contributed by atoms with Gasteiger partial charge in [0, 0.05) is 19.2 Å². The summed E-state index contributed by atoms with van der Waals surface area (Å²) in [5.41, 5.74) is 2.34. The molecule has 0 saturated carbocycles. The largest absolute Gasteiger partial charge is 0.348 e. The topological polar surface area (TPSA) is 22.0 Å². The van der Waals surface area contributed by atoms with E-state index in [0.717, 1.165) is 12.1 Å². The Balaban J connectivity index is 2.61. The molecule has 0 amide bonds. The summed E-state index contributed by atoms with van der Waals surface area (Å²) in [4.78, 5) is 11.2. The van der Waals surface area contributed by atoms with E-state index in [-0.39, 0.29) is 5.78 Å². The molecule has 2 nitrogen and oxygen atoms in total. The van der Waals surface area contributed by atoms with Gasteiger partial charge in [-0.1, -0.05) is 18.2 Å². The summed E-state index contributed by atoms with van der Waals surface area (Å²) < 4.78 is 2.19. The number of aromatic nitrogens is 1. The maximum absolute atomic E-state index is 11.2. The highest BCUT2D eigenvalue weighted by atomic mass is 16.1. The van der Waals surface area contributed by atoms with E-state index in [0.29, 0.717) is 6.42 Å². The van der Waals surface area contributed by atoms with Crippen molar-refractivity contribution in [1.82, 2.24) is 4.57 Å². The Morgan fingerprint density at radius 1 is 1.33 bits per heavy atom. The highest BCUT2D eigenvalue weighted by molar-refractivity contribution is 5.88. The van der Waals surface area contributed by atoms with Gasteiger partial charge in [0.1, 0.15) is 5.78 Å². The Morgan fingerprint density at radius 2 is 2.13 bits per heavy atom. The zero-order valence-electron chi connectivity index (χ0n) is 9.16. The number of nitrogens with zero attached hydrogens (tertiary/aromatic N) is 1. The first-order valence-electron chi connectivity index (χ1n) is 5.28. The molecular formula is C13H15NO. The third kappa shape index (κ3) is 1.80. The highest BCUT2D eigenvalue weighted by Crippen LogP contribution is 2.20. The van der Waals surface area contributed by atoms with E-state index in [1.165, 1.54) is 10.9 Å². The lowest BCUT2D eigenvalue weighted by Crippen LogP contribution is -2.00. The van der Waals surface area contributed by atoms with Gasteiger partial charge in [-0.15, -0.1) is 0 Å². The molecule has 15 heavy (non-hydrogen) atoms. The lowest BCUT2D eigenvalue weighted by molar-refractivity contribution is -0.116. The summed E-state index contributed by atoms with van der Waals surface area (Å²) in [6.07, 6.45) is 2.61. The van der Waals surface area contributed by atoms with E-state index in [1.807, 2.05) is 12.1 Å². The molecule has 78 valence electrons. The van der Waals surface area contributed by atoms with Crippen molar-refractivity contribution in [3.05, 3.63) is 36.0 Å². The van der Waals surface area contributed by atoms with Gasteiger partial charge < -0.3 is 4.57 Å². The standard InChI is InChI=1S/C13H15NO/c1-3-14-8-7-11-5-4-6-12(13(11)14)9-10(2)15/h4-8H,3,9H2,1-2H3. The summed E-state index contributed by atoms with van der Waals surface area (Å²) in [6, 6.07) is 8.24. The Labute approximate surface area is 89.5 Å². The van der Waals surface area contributed by atoms with E-state index in [9.17, 15) is 4.79 Å². The van der Waals surface area contributed by atoms with Crippen molar-refractivity contribution in [2.75, 3.05) is 0 Å². The molecule has 0 spiro atoms. The van der Waals surface area contributed by atoms with Gasteiger partial charge in [0.05, 0.1) is 5.52 Å². The molecule has 0 fully saturated rings. The van der Waals surface area contributed by atoms with Crippen LogP contribution in [-0.4, -0.2) is 10.4 Å². The predicted octanol–water partition coefficient (Wildman–Crippen LogP) is 2.79. The van der Waals surface area contributed by atoms with Crippen LogP contribution in [0.3, 0.4) is 0 Å². The first kappa shape index (κ1) is 9.97. The average molecular weight is 201 g/mol. The van der Waals surface area contributed by atoms with Crippen LogP contribution in [0.25, 0.3) is 10.9 Å². The number of carbonyl (C=O) groups is 1. The third-order valence-corrected chi connectivity index (χ3v) is 2.65. The quantitative estimate of drug-likeness (QED) is 0.748. The third-order valence-electron chi connectivity index (χ3n) is 2.65. The highest BCUT2D eigenvalue weighted by Gasteiger charge is 2.06. The Hall–Kier alpha value is -1.57. The van der Waals surface area contributed by atoms with E-state index < -0.39 is 0 Å². The average Bonchev–Trinajstić information content (AvgIpc) is 2.61. The van der Waals surface area contributed by atoms with Crippen LogP contribution in [0.4, 0.5) is 0 Å². The molecule has 2 aromatic rings. The van der Waals surface area contributed by atoms with Gasteiger partial charge in [-0.25, -0.2) is 0 Å². The van der Waals surface area contributed by atoms with E-state index in [1.54, 1.807) is 6.92 Å². The van der Waals surface area contributed by atoms with Crippen molar-refractivity contribution in [3.8, 4) is 0 Å². The molecule has 2 rings (SSSR count). The van der Waals surface area contributed by atoms with Crippen LogP contribution >= 0.6 is 0 Å². The molecule has 1 aromatic heterocycles. The molecule has 0 unspecified atom stereocenters. The second-order valence-electron chi connectivity index (χ2n) is 3.84. The van der Waals surface area contributed by atoms with Crippen LogP contribution in [0, 0.1) is 0 Å². The van der Waals surface area contributed by atoms with Gasteiger partial charge in [0.25, 0.3) is 0 Å². The fourth-order valence-electron chi connectivity index (χ4n) is 2.02. The van der Waals surface area contributed by atoms with Gasteiger partial charge in [-0.05, 0) is 30.9 Å². The lowest BCUT2D eigenvalue weighted by Gasteiger charge is -2.06. The second-order valence-corrected chi connectivity index (χ2v) is 3.84. The molecule has 0 aliphatic rings. The summed E-state index contributed by atoms with van der Waals surface area (Å²) in [5.74, 6) is 0.214. The van der Waals surface area contributed by atoms with Crippen molar-refractivity contribution in [2.24, 2.45) is 0 Å². The smallest absolute Gasteiger partial charge is 0.134 e. The molecule has 0 radical (unpaired) electrons. The number of rotatable bonds is 3. The summed E-state index contributed by atoms with van der Waals surface area (Å²) in [6.45, 7) is 4.69. The number of carbonyl (C=O) groups excluding carboxylic acids is 1. The first-order chi connectivity index (χ1) is 7.22. The second kappa shape index (κ2) is 3.89. The zero-order chi connectivity index (χ0) is 10.8. The molecule has 0 aliphatic carbocycles. The molecule has 1 heterocycles. The van der Waals surface area contributed by atoms with Gasteiger partial charge in [-0.3, -0.25) is 4.79 Å². The van der Waals surface area contributed by atoms with Crippen LogP contribution in [0.1, 0.15) is 19.4 Å². The predicted molar refractivity (Wildman–Crippen MR) is 62.0 cm³/mol. The van der Waals surface area contributed by atoms with Crippen LogP contribution in [0.15, 0.2) is 30.5 Å². The monoisotopic (exact) mass is 201 g/mol. The van der Waals surface area contributed by atoms with Gasteiger partial charge in [-0.2, -0.15) is 0 Å². The minimum absolute atomic E-state index is 0.214. The van der Waals surface area contributed by atoms with E-state index in [4.69, 9.17) is 0 Å². The van der Waals surface area contributed by atoms with E-state index >= 15 is 0 Å². The Morgan fingerprint density at radius 3 is 2.80 bits per heavy atom. The van der Waals surface area contributed by atoms with Crippen molar-refractivity contribution in [3.63, 3.8) is 0 Å². The van der Waals surface area contributed by atoms with Crippen LogP contribution < -0.4 is 0 Å². The fraction of sp³-hybridized carbons (Fsp3) is 0.308. The molecule has 2 heteroatoms. The molecule has 0 bridgehead atoms. The fourth-order valence-corrected chi connectivity index (χ4v) is 2.02. The number of benzene rings is 1. The van der Waals surface area contributed by atoms with Crippen molar-refractivity contribution in [1.29, 1.82) is 0 Å². The minimum atomic E-state index is 0.214. The van der Waals surface area contributed by atoms with Gasteiger partial charge >= 0.3 is 0 Å². The number of hydrogen-bond donors (Lipinski definition) is 0. The molecular weight excluding hydrogens is 186 g/mol. The summed E-state index contributed by atoms with van der Waals surface area (Å²) in [7, 11) is 0. The number of Topliss-reactive ketones (excluding diaryl/α,β-unsaturated/α-hetero) is 1. The maximum Gasteiger partial charge on any atom is 0.134 e. The maximum atomic E-state index is 11.2. The number of hydrogen-bond acceptors (Lipinski definition) is 1. The summed E-state index contributed by atoms with van der Waals surface area (Å²) >= 11 is 0. The Bertz CT molecular complexity index is 496. The number of ketones is 1. The number of fused-ring (bicyclic) bond motifs is 1. The minimum Gasteiger partial charge on any atom is -0.348 e. The molecule has 0 atom stereocenters. The Kier molecular flexibility index (Phi) is 2.58. The molecule has 0 saturated heterocycles. The lowest BCUT2D eigenvalue weighted by atomic mass is 10.1. The van der Waals surface area contributed by atoms with Gasteiger partial charge in [0.15, 0.2) is 0 Å². The van der Waals surface area contributed by atoms with Crippen LogP contribution in [0.5, 0.6) is 0 Å². The molecule has 0 aliphatic heterocycles. The van der Waals surface area contributed by atoms with Crippen molar-refractivity contribution in [2.45, 2.75) is 26.8 Å². The number of para-hydroxylation sites is 1. The summed E-state index contributed by atoms with van der Waals surface area (Å²) in [5, 5.41) is 1.22. The molecule has 1 aromatic carbocycles. The van der Waals surface area contributed by atoms with E-state index in [2.05, 4.69) is 29.8 Å². The van der Waals surface area contributed by atoms with Crippen molar-refractivity contribution < 1.29 is 4.79 Å². The van der Waals surface area contributed by atoms with Crippen LogP contribution in [0.2, 0.25) is 0 Å². The SMILES string of the molecule is CCn1ccc2cccc(CC(C)=O)c21. The number of aryl methyl sites for hydroxylation is 1. The zero-order valence-corrected chi connectivity index (χ0v) is 9.16.